The predicted octanol–water partition coefficient (Wildman–Crippen LogP) is 2.61. The first-order valence-corrected chi connectivity index (χ1v) is 12.6. The average Bonchev–Trinajstić information content (AvgIpc) is 3.58. The molecule has 2 aliphatic rings. The second-order valence-corrected chi connectivity index (χ2v) is 10.5. The van der Waals surface area contributed by atoms with E-state index in [0.717, 1.165) is 63.8 Å². The molecule has 1 saturated carbocycles. The molecule has 1 unspecified atom stereocenters. The summed E-state index contributed by atoms with van der Waals surface area (Å²) in [6.45, 7) is 3.07. The van der Waals surface area contributed by atoms with Crippen LogP contribution in [-0.4, -0.2) is 51.4 Å². The molecule has 0 bridgehead atoms. The number of ether oxygens (including phenoxy) is 1. The zero-order valence-corrected chi connectivity index (χ0v) is 21.3. The third-order valence-corrected chi connectivity index (χ3v) is 8.13. The lowest BCUT2D eigenvalue weighted by Gasteiger charge is -2.41. The Kier molecular flexibility index (Phi) is 5.43. The van der Waals surface area contributed by atoms with Crippen molar-refractivity contribution in [3.05, 3.63) is 70.9 Å². The number of nitrogens with zero attached hydrogens (tertiary/aromatic N) is 3. The molecule has 2 fully saturated rings. The smallest absolute Gasteiger partial charge is 0.252 e. The summed E-state index contributed by atoms with van der Waals surface area (Å²) in [5.74, 6) is 0.637. The normalized spacial score (nSPS) is 20.0. The number of likely N-dealkylation sites (N-methyl/N-ethyl adjacent to an activating group) is 1. The highest BCUT2D eigenvalue weighted by molar-refractivity contribution is 6.11. The molecular weight excluding hydrogens is 428 g/mol. The summed E-state index contributed by atoms with van der Waals surface area (Å²) >= 11 is 0. The Bertz CT molecular complexity index is 1280. The van der Waals surface area contributed by atoms with Gasteiger partial charge in [0, 0.05) is 23.2 Å². The Labute approximate surface area is 197 Å². The number of amides is 1. The van der Waals surface area contributed by atoms with Crippen LogP contribution in [0.15, 0.2) is 48.7 Å². The number of aryl methyl sites for hydroxylation is 1. The number of hydrogen-bond acceptors (Lipinski definition) is 5. The number of nitrogens with one attached hydrogen (secondary N) is 1. The summed E-state index contributed by atoms with van der Waals surface area (Å²) in [4.78, 5) is 20.2. The molecule has 1 aliphatic carbocycles. The Morgan fingerprint density at radius 1 is 1.33 bits per heavy atom. The van der Waals surface area contributed by atoms with Crippen LogP contribution in [0, 0.1) is 18.3 Å². The van der Waals surface area contributed by atoms with E-state index in [9.17, 15) is 10.1 Å². The van der Waals surface area contributed by atoms with Crippen molar-refractivity contribution in [3.63, 3.8) is 0 Å². The van der Waals surface area contributed by atoms with Crippen LogP contribution in [0.25, 0.3) is 10.9 Å². The van der Waals surface area contributed by atoms with E-state index in [1.54, 1.807) is 12.3 Å². The molecule has 2 atom stereocenters. The van der Waals surface area contributed by atoms with Crippen molar-refractivity contribution in [2.75, 3.05) is 13.6 Å². The highest BCUT2D eigenvalue weighted by Gasteiger charge is 2.47. The van der Waals surface area contributed by atoms with Gasteiger partial charge in [-0.3, -0.25) is 9.78 Å². The molecule has 7 heteroatoms. The fraction of sp³-hybridized carbons (Fsp3) is 0.346. The number of carbonyl (C=O) groups is 1. The summed E-state index contributed by atoms with van der Waals surface area (Å²) in [6.07, 6.45) is 4.56. The number of pyridine rings is 1. The molecule has 1 aliphatic heterocycles. The number of fused-ring (bicyclic) bond motifs is 1. The van der Waals surface area contributed by atoms with Gasteiger partial charge in [-0.1, -0.05) is 12.1 Å². The minimum atomic E-state index is -0.469. The van der Waals surface area contributed by atoms with Gasteiger partial charge in [0.2, 0.25) is 0 Å². The largest absolute Gasteiger partial charge is 0.494 e. The molecule has 6 nitrogen and oxygen atoms in total. The van der Waals surface area contributed by atoms with Crippen LogP contribution >= 0.6 is 0 Å². The quantitative estimate of drug-likeness (QED) is 0.577. The van der Waals surface area contributed by atoms with Gasteiger partial charge in [-0.15, -0.1) is 0 Å². The first-order chi connectivity index (χ1) is 15.9. The minimum absolute atomic E-state index is 0.111. The van der Waals surface area contributed by atoms with E-state index in [1.807, 2.05) is 43.3 Å². The van der Waals surface area contributed by atoms with Crippen LogP contribution < -0.4 is 10.1 Å². The van der Waals surface area contributed by atoms with Gasteiger partial charge in [0.1, 0.15) is 5.75 Å². The molecule has 0 radical (unpaired) electrons. The molecule has 1 N–H and O–H groups in total. The third-order valence-electron chi connectivity index (χ3n) is 7.13. The zero-order valence-electron chi connectivity index (χ0n) is 19.3. The second kappa shape index (κ2) is 8.29. The van der Waals surface area contributed by atoms with E-state index >= 15 is 0 Å². The molecule has 2 aromatic carbocycles. The molecule has 1 saturated heterocycles. The Hall–Kier alpha value is -3.21. The van der Waals surface area contributed by atoms with Gasteiger partial charge in [-0.25, -0.2) is 0 Å². The minimum Gasteiger partial charge on any atom is -0.494 e. The standard InChI is InChI=1S/C26H28N4O2Si/c1-16-5-6-18(32-25(33)23-7-11-30(23)2)14-20(16)24(31)29-26(8-9-26)21-12-17(15-27)13-22-19(21)4-3-10-28-22/h3-6,10,12-14,23,25H,7-9,11H2,1-2,33H3,(H,29,31)/t23-,25?/m0/s1. The average molecular weight is 457 g/mol. The van der Waals surface area contributed by atoms with Gasteiger partial charge >= 0.3 is 0 Å². The van der Waals surface area contributed by atoms with Gasteiger partial charge in [0.05, 0.1) is 38.7 Å². The molecule has 0 spiro atoms. The number of benzene rings is 2. The van der Waals surface area contributed by atoms with E-state index in [2.05, 4.69) is 28.3 Å². The van der Waals surface area contributed by atoms with Gasteiger partial charge in [0.15, 0.2) is 0 Å². The highest BCUT2D eigenvalue weighted by atomic mass is 28.1. The number of hydrogen-bond donors (Lipinski definition) is 1. The van der Waals surface area contributed by atoms with Crippen molar-refractivity contribution < 1.29 is 9.53 Å². The Morgan fingerprint density at radius 2 is 2.15 bits per heavy atom. The van der Waals surface area contributed by atoms with Gasteiger partial charge in [-0.2, -0.15) is 5.26 Å². The summed E-state index contributed by atoms with van der Waals surface area (Å²) in [7, 11) is 3.06. The van der Waals surface area contributed by atoms with E-state index in [0.29, 0.717) is 17.2 Å². The number of nitriles is 1. The third kappa shape index (κ3) is 4.01. The molecule has 2 heterocycles. The van der Waals surface area contributed by atoms with E-state index in [1.165, 1.54) is 0 Å². The fourth-order valence-corrected chi connectivity index (χ4v) is 5.97. The van der Waals surface area contributed by atoms with Crippen molar-refractivity contribution in [1.82, 2.24) is 15.2 Å². The Balaban J connectivity index is 1.41. The van der Waals surface area contributed by atoms with Crippen molar-refractivity contribution in [1.29, 1.82) is 5.26 Å². The lowest BCUT2D eigenvalue weighted by atomic mass is 9.96. The van der Waals surface area contributed by atoms with Gasteiger partial charge in [-0.05, 0) is 81.2 Å². The van der Waals surface area contributed by atoms with Crippen molar-refractivity contribution in [3.8, 4) is 11.8 Å². The van der Waals surface area contributed by atoms with Crippen LogP contribution in [0.4, 0.5) is 0 Å². The monoisotopic (exact) mass is 456 g/mol. The van der Waals surface area contributed by atoms with Crippen molar-refractivity contribution in [2.24, 2.45) is 0 Å². The topological polar surface area (TPSA) is 78.2 Å². The number of likely N-dealkylation sites (tertiary alicyclic amines) is 1. The summed E-state index contributed by atoms with van der Waals surface area (Å²) in [5, 5.41) is 13.8. The summed E-state index contributed by atoms with van der Waals surface area (Å²) < 4.78 is 6.25. The fourth-order valence-electron chi connectivity index (χ4n) is 4.86. The van der Waals surface area contributed by atoms with Crippen LogP contribution in [-0.2, 0) is 5.54 Å². The van der Waals surface area contributed by atoms with Crippen LogP contribution in [0.3, 0.4) is 0 Å². The van der Waals surface area contributed by atoms with Gasteiger partial charge < -0.3 is 15.0 Å². The van der Waals surface area contributed by atoms with E-state index in [4.69, 9.17) is 4.74 Å². The maximum Gasteiger partial charge on any atom is 0.252 e. The maximum absolute atomic E-state index is 13.4. The highest BCUT2D eigenvalue weighted by Crippen LogP contribution is 2.48. The predicted molar refractivity (Wildman–Crippen MR) is 131 cm³/mol. The number of aromatic nitrogens is 1. The van der Waals surface area contributed by atoms with Crippen LogP contribution in [0.1, 0.15) is 46.3 Å². The first kappa shape index (κ1) is 21.6. The summed E-state index contributed by atoms with van der Waals surface area (Å²) in [5.41, 5.74) is 3.58. The van der Waals surface area contributed by atoms with Crippen LogP contribution in [0.5, 0.6) is 5.75 Å². The molecule has 1 amide bonds. The molecule has 33 heavy (non-hydrogen) atoms. The van der Waals surface area contributed by atoms with E-state index in [-0.39, 0.29) is 11.6 Å². The van der Waals surface area contributed by atoms with Crippen molar-refractivity contribution in [2.45, 2.75) is 43.5 Å². The lowest BCUT2D eigenvalue weighted by Crippen LogP contribution is -2.53. The number of carbonyl (C=O) groups excluding carboxylic acids is 1. The Morgan fingerprint density at radius 3 is 2.82 bits per heavy atom. The van der Waals surface area contributed by atoms with Crippen LogP contribution in [0.2, 0.25) is 0 Å². The molecule has 168 valence electrons. The second-order valence-electron chi connectivity index (χ2n) is 9.38. The molecule has 5 rings (SSSR count). The van der Waals surface area contributed by atoms with Gasteiger partial charge in [0.25, 0.3) is 5.91 Å². The van der Waals surface area contributed by atoms with E-state index < -0.39 is 5.54 Å². The molecular formula is C26H28N4O2Si. The molecule has 1 aromatic heterocycles. The lowest BCUT2D eigenvalue weighted by molar-refractivity contribution is 0.0562. The van der Waals surface area contributed by atoms with Crippen molar-refractivity contribution >= 4 is 27.1 Å². The first-order valence-electron chi connectivity index (χ1n) is 11.5. The molecule has 3 aromatic rings. The SMILES string of the molecule is Cc1ccc(OC([SiH3])[C@@H]2CCN2C)cc1C(=O)NC1(c2cc(C#N)cc3ncccc23)CC1. The number of rotatable bonds is 6. The summed E-state index contributed by atoms with van der Waals surface area (Å²) in [6, 6.07) is 16.1. The zero-order chi connectivity index (χ0) is 23.2. The maximum atomic E-state index is 13.4.